The van der Waals surface area contributed by atoms with Gasteiger partial charge < -0.3 is 10.1 Å². The summed E-state index contributed by atoms with van der Waals surface area (Å²) >= 11 is 4.99. The van der Waals surface area contributed by atoms with Crippen molar-refractivity contribution in [2.75, 3.05) is 7.11 Å². The largest absolute Gasteiger partial charge is 0.481 e. The number of methoxy groups -OCH3 is 1. The highest BCUT2D eigenvalue weighted by atomic mass is 79.9. The van der Waals surface area contributed by atoms with E-state index < -0.39 is 0 Å². The number of thiophene rings is 1. The molecule has 0 spiro atoms. The van der Waals surface area contributed by atoms with Crippen LogP contribution in [-0.4, -0.2) is 18.0 Å². The van der Waals surface area contributed by atoms with Crippen LogP contribution >= 0.6 is 27.3 Å². The van der Waals surface area contributed by atoms with Gasteiger partial charge in [-0.2, -0.15) is 0 Å². The van der Waals surface area contributed by atoms with E-state index in [1.807, 2.05) is 35.7 Å². The first-order chi connectivity index (χ1) is 10.7. The number of carbonyl (C=O) groups excluding carboxylic acids is 1. The number of rotatable bonds is 4. The summed E-state index contributed by atoms with van der Waals surface area (Å²) in [5.74, 6) is 0.246. The molecule has 112 valence electrons. The molecule has 2 aromatic heterocycles. The van der Waals surface area contributed by atoms with Crippen molar-refractivity contribution in [2.45, 2.75) is 6.54 Å². The Morgan fingerprint density at radius 3 is 2.91 bits per heavy atom. The van der Waals surface area contributed by atoms with Gasteiger partial charge in [0.05, 0.1) is 13.7 Å². The maximum absolute atomic E-state index is 12.3. The second-order valence-corrected chi connectivity index (χ2v) is 6.56. The van der Waals surface area contributed by atoms with E-state index in [0.29, 0.717) is 18.1 Å². The van der Waals surface area contributed by atoms with Gasteiger partial charge in [-0.15, -0.1) is 11.3 Å². The van der Waals surface area contributed by atoms with Gasteiger partial charge in [-0.1, -0.05) is 18.2 Å². The van der Waals surface area contributed by atoms with Crippen LogP contribution in [0.5, 0.6) is 5.88 Å². The number of fused-ring (bicyclic) bond motifs is 1. The van der Waals surface area contributed by atoms with E-state index in [-0.39, 0.29) is 5.91 Å². The normalized spacial score (nSPS) is 10.6. The molecule has 0 aliphatic heterocycles. The Hall–Kier alpha value is -1.92. The van der Waals surface area contributed by atoms with E-state index in [2.05, 4.69) is 26.2 Å². The molecule has 0 fully saturated rings. The number of halogens is 1. The molecule has 0 unspecified atom stereocenters. The summed E-state index contributed by atoms with van der Waals surface area (Å²) in [5.41, 5.74) is 0.353. The predicted molar refractivity (Wildman–Crippen MR) is 91.5 cm³/mol. The van der Waals surface area contributed by atoms with Gasteiger partial charge in [0.1, 0.15) is 5.69 Å². The van der Waals surface area contributed by atoms with E-state index in [1.54, 1.807) is 24.5 Å². The predicted octanol–water partition coefficient (Wildman–Crippen LogP) is 4.00. The third-order valence-electron chi connectivity index (χ3n) is 3.18. The van der Waals surface area contributed by atoms with Crippen molar-refractivity contribution in [2.24, 2.45) is 0 Å². The summed E-state index contributed by atoms with van der Waals surface area (Å²) in [7, 11) is 1.56. The second-order valence-electron chi connectivity index (χ2n) is 4.65. The lowest BCUT2D eigenvalue weighted by Gasteiger charge is -2.08. The summed E-state index contributed by atoms with van der Waals surface area (Å²) in [5, 5.41) is 6.68. The van der Waals surface area contributed by atoms with E-state index in [1.165, 1.54) is 0 Å². The maximum Gasteiger partial charge on any atom is 0.270 e. The van der Waals surface area contributed by atoms with Gasteiger partial charge in [-0.25, -0.2) is 4.98 Å². The average molecular weight is 377 g/mol. The molecule has 1 aromatic carbocycles. The number of nitrogens with zero attached hydrogens (tertiary/aromatic N) is 1. The Morgan fingerprint density at radius 2 is 2.18 bits per heavy atom. The molecule has 2 heterocycles. The van der Waals surface area contributed by atoms with Crippen LogP contribution in [-0.2, 0) is 6.54 Å². The Labute approximate surface area is 140 Å². The molecule has 0 bridgehead atoms. The molecule has 1 amide bonds. The summed E-state index contributed by atoms with van der Waals surface area (Å²) in [4.78, 5) is 17.7. The van der Waals surface area contributed by atoms with Crippen LogP contribution in [0.15, 0.2) is 46.3 Å². The van der Waals surface area contributed by atoms with E-state index in [0.717, 1.165) is 20.1 Å². The van der Waals surface area contributed by atoms with Crippen LogP contribution in [0, 0.1) is 0 Å². The highest BCUT2D eigenvalue weighted by Crippen LogP contribution is 2.24. The van der Waals surface area contributed by atoms with Gasteiger partial charge in [0.2, 0.25) is 5.88 Å². The molecule has 0 aliphatic rings. The molecule has 6 heteroatoms. The van der Waals surface area contributed by atoms with Crippen LogP contribution in [0.25, 0.3) is 10.8 Å². The number of aromatic nitrogens is 1. The number of pyridine rings is 1. The van der Waals surface area contributed by atoms with Gasteiger partial charge in [-0.3, -0.25) is 4.79 Å². The standard InChI is InChI=1S/C16H13BrN2O2S/c1-21-16-13-5-3-2-4-10(13)6-14(19-16)15(20)18-8-12-7-11(17)9-22-12/h2-7,9H,8H2,1H3,(H,18,20). The molecule has 3 rings (SSSR count). The van der Waals surface area contributed by atoms with Crippen molar-refractivity contribution in [3.63, 3.8) is 0 Å². The topological polar surface area (TPSA) is 51.2 Å². The lowest BCUT2D eigenvalue weighted by molar-refractivity contribution is 0.0945. The SMILES string of the molecule is COc1nc(C(=O)NCc2cc(Br)cs2)cc2ccccc12. The van der Waals surface area contributed by atoms with Crippen LogP contribution in [0.3, 0.4) is 0 Å². The quantitative estimate of drug-likeness (QED) is 0.748. The van der Waals surface area contributed by atoms with Gasteiger partial charge in [0.15, 0.2) is 0 Å². The molecule has 0 atom stereocenters. The van der Waals surface area contributed by atoms with Gasteiger partial charge >= 0.3 is 0 Å². The molecule has 0 saturated carbocycles. The minimum Gasteiger partial charge on any atom is -0.481 e. The van der Waals surface area contributed by atoms with Crippen molar-refractivity contribution in [3.05, 3.63) is 56.8 Å². The van der Waals surface area contributed by atoms with Gasteiger partial charge in [0.25, 0.3) is 5.91 Å². The Balaban J connectivity index is 1.84. The molecule has 0 aliphatic carbocycles. The molecule has 0 saturated heterocycles. The Bertz CT molecular complexity index is 832. The van der Waals surface area contributed by atoms with E-state index >= 15 is 0 Å². The molecule has 3 aromatic rings. The van der Waals surface area contributed by atoms with Crippen LogP contribution in [0.2, 0.25) is 0 Å². The zero-order valence-electron chi connectivity index (χ0n) is 11.8. The monoisotopic (exact) mass is 376 g/mol. The molecular formula is C16H13BrN2O2S. The Kier molecular flexibility index (Phi) is 4.40. The van der Waals surface area contributed by atoms with Crippen LogP contribution in [0.4, 0.5) is 0 Å². The van der Waals surface area contributed by atoms with Crippen molar-refractivity contribution >= 4 is 43.9 Å². The first kappa shape index (κ1) is 15.0. The molecular weight excluding hydrogens is 364 g/mol. The maximum atomic E-state index is 12.3. The van der Waals surface area contributed by atoms with Crippen molar-refractivity contribution in [3.8, 4) is 5.88 Å². The van der Waals surface area contributed by atoms with Crippen molar-refractivity contribution in [1.29, 1.82) is 0 Å². The minimum atomic E-state index is -0.214. The van der Waals surface area contributed by atoms with E-state index in [4.69, 9.17) is 4.74 Å². The number of hydrogen-bond acceptors (Lipinski definition) is 4. The number of ether oxygens (including phenoxy) is 1. The summed E-state index contributed by atoms with van der Waals surface area (Å²) < 4.78 is 6.31. The third kappa shape index (κ3) is 3.13. The number of amides is 1. The number of benzene rings is 1. The van der Waals surface area contributed by atoms with Crippen molar-refractivity contribution < 1.29 is 9.53 Å². The molecule has 1 N–H and O–H groups in total. The molecule has 0 radical (unpaired) electrons. The number of nitrogens with one attached hydrogen (secondary N) is 1. The van der Waals surface area contributed by atoms with Gasteiger partial charge in [0, 0.05) is 20.1 Å². The highest BCUT2D eigenvalue weighted by molar-refractivity contribution is 9.10. The zero-order chi connectivity index (χ0) is 15.5. The number of carbonyl (C=O) groups is 1. The average Bonchev–Trinajstić information content (AvgIpc) is 2.97. The summed E-state index contributed by atoms with van der Waals surface area (Å²) in [6.45, 7) is 0.478. The van der Waals surface area contributed by atoms with E-state index in [9.17, 15) is 4.79 Å². The summed E-state index contributed by atoms with van der Waals surface area (Å²) in [6.07, 6.45) is 0. The second kappa shape index (κ2) is 6.46. The smallest absolute Gasteiger partial charge is 0.270 e. The third-order valence-corrected chi connectivity index (χ3v) is 4.87. The molecule has 22 heavy (non-hydrogen) atoms. The minimum absolute atomic E-state index is 0.214. The number of hydrogen-bond donors (Lipinski definition) is 1. The first-order valence-corrected chi connectivity index (χ1v) is 8.29. The van der Waals surface area contributed by atoms with Crippen LogP contribution in [0.1, 0.15) is 15.4 Å². The fraction of sp³-hybridized carbons (Fsp3) is 0.125. The summed E-state index contributed by atoms with van der Waals surface area (Å²) in [6, 6.07) is 11.5. The Morgan fingerprint density at radius 1 is 1.36 bits per heavy atom. The van der Waals surface area contributed by atoms with Crippen LogP contribution < -0.4 is 10.1 Å². The lowest BCUT2D eigenvalue weighted by atomic mass is 10.1. The fourth-order valence-corrected chi connectivity index (χ4v) is 3.53. The molecule has 4 nitrogen and oxygen atoms in total. The lowest BCUT2D eigenvalue weighted by Crippen LogP contribution is -2.23. The first-order valence-electron chi connectivity index (χ1n) is 6.62. The highest BCUT2D eigenvalue weighted by Gasteiger charge is 2.12. The zero-order valence-corrected chi connectivity index (χ0v) is 14.2. The fourth-order valence-electron chi connectivity index (χ4n) is 2.14. The van der Waals surface area contributed by atoms with Crippen molar-refractivity contribution in [1.82, 2.24) is 10.3 Å². The van der Waals surface area contributed by atoms with Gasteiger partial charge in [-0.05, 0) is 39.5 Å².